The van der Waals surface area contributed by atoms with Gasteiger partial charge in [-0.1, -0.05) is 54.1 Å². The van der Waals surface area contributed by atoms with E-state index in [-0.39, 0.29) is 11.5 Å². The van der Waals surface area contributed by atoms with Gasteiger partial charge in [-0.2, -0.15) is 0 Å². The van der Waals surface area contributed by atoms with E-state index >= 15 is 0 Å². The summed E-state index contributed by atoms with van der Waals surface area (Å²) in [6.45, 7) is 2.22. The molecule has 0 amide bonds. The molecule has 7 nitrogen and oxygen atoms in total. The molecule has 1 aliphatic rings. The molecule has 1 heterocycles. The predicted molar refractivity (Wildman–Crippen MR) is 159 cm³/mol. The molecule has 2 atom stereocenters. The van der Waals surface area contributed by atoms with Crippen LogP contribution in [-0.4, -0.2) is 42.8 Å². The number of methoxy groups -OCH3 is 2. The summed E-state index contributed by atoms with van der Waals surface area (Å²) in [6, 6.07) is 23.7. The normalized spacial score (nSPS) is 15.5. The molecule has 0 aliphatic carbocycles. The average Bonchev–Trinajstić information content (AvgIpc) is 2.97. The van der Waals surface area contributed by atoms with E-state index in [1.54, 1.807) is 29.2 Å². The highest BCUT2D eigenvalue weighted by Crippen LogP contribution is 2.48. The average molecular weight is 559 g/mol. The number of aliphatic hydroxyl groups excluding tert-OH is 2. The maximum atomic E-state index is 14.3. The molecule has 0 spiro atoms. The molecular formula is C32H31ClN2O5. The highest BCUT2D eigenvalue weighted by molar-refractivity contribution is 6.30. The molecule has 0 bridgehead atoms. The van der Waals surface area contributed by atoms with Crippen LogP contribution >= 0.6 is 11.6 Å². The maximum absolute atomic E-state index is 14.3. The molecule has 3 N–H and O–H groups in total. The van der Waals surface area contributed by atoms with E-state index in [1.165, 1.54) is 14.2 Å². The first-order valence-corrected chi connectivity index (χ1v) is 13.4. The van der Waals surface area contributed by atoms with Crippen molar-refractivity contribution in [1.82, 2.24) is 0 Å². The number of hydrogen-bond donors (Lipinski definition) is 3. The summed E-state index contributed by atoms with van der Waals surface area (Å²) in [7, 11) is 2.98. The molecular weight excluding hydrogens is 528 g/mol. The van der Waals surface area contributed by atoms with Gasteiger partial charge in [0, 0.05) is 23.7 Å². The predicted octanol–water partition coefficient (Wildman–Crippen LogP) is 6.45. The Morgan fingerprint density at radius 2 is 1.73 bits per heavy atom. The second-order valence-electron chi connectivity index (χ2n) is 9.57. The number of nitrogens with one attached hydrogen (secondary N) is 1. The van der Waals surface area contributed by atoms with Crippen LogP contribution in [0.5, 0.6) is 11.5 Å². The summed E-state index contributed by atoms with van der Waals surface area (Å²) in [5.41, 5.74) is 2.39. The number of benzene rings is 4. The van der Waals surface area contributed by atoms with Crippen LogP contribution in [0, 0.1) is 0 Å². The van der Waals surface area contributed by atoms with Crippen molar-refractivity contribution in [3.63, 3.8) is 0 Å². The van der Waals surface area contributed by atoms with Gasteiger partial charge in [0.05, 0.1) is 37.1 Å². The highest BCUT2D eigenvalue weighted by atomic mass is 35.5. The number of halogens is 1. The summed E-state index contributed by atoms with van der Waals surface area (Å²) in [4.78, 5) is 15.9. The van der Waals surface area contributed by atoms with Crippen LogP contribution in [0.1, 0.15) is 24.2 Å². The number of fused-ring (bicyclic) bond motifs is 2. The summed E-state index contributed by atoms with van der Waals surface area (Å²) >= 11 is 6.11. The lowest BCUT2D eigenvalue weighted by Gasteiger charge is -2.35. The third kappa shape index (κ3) is 5.06. The number of aliphatic hydroxyl groups is 2. The van der Waals surface area contributed by atoms with E-state index in [4.69, 9.17) is 21.1 Å². The molecule has 206 valence electrons. The van der Waals surface area contributed by atoms with Crippen molar-refractivity contribution in [2.75, 3.05) is 31.0 Å². The van der Waals surface area contributed by atoms with Crippen molar-refractivity contribution >= 4 is 39.5 Å². The van der Waals surface area contributed by atoms with Gasteiger partial charge < -0.3 is 29.9 Å². The zero-order chi connectivity index (χ0) is 28.4. The lowest BCUT2D eigenvalue weighted by molar-refractivity contribution is -0.117. The smallest absolute Gasteiger partial charge is 0.201 e. The number of carbonyl (C=O) groups excluding carboxylic acids is 1. The van der Waals surface area contributed by atoms with Crippen LogP contribution in [-0.2, 0) is 11.2 Å². The van der Waals surface area contributed by atoms with Gasteiger partial charge in [0.1, 0.15) is 6.10 Å². The molecule has 5 rings (SSSR count). The summed E-state index contributed by atoms with van der Waals surface area (Å²) in [6.07, 6.45) is -1.15. The number of carbonyl (C=O) groups is 1. The Hall–Kier alpha value is -4.20. The van der Waals surface area contributed by atoms with Crippen molar-refractivity contribution < 1.29 is 24.5 Å². The Morgan fingerprint density at radius 1 is 1.00 bits per heavy atom. The van der Waals surface area contributed by atoms with Gasteiger partial charge in [-0.15, -0.1) is 0 Å². The third-order valence-electron chi connectivity index (χ3n) is 7.24. The quantitative estimate of drug-likeness (QED) is 0.217. The molecule has 0 fully saturated rings. The first-order valence-electron chi connectivity index (χ1n) is 13.0. The van der Waals surface area contributed by atoms with Crippen molar-refractivity contribution in [2.45, 2.75) is 25.5 Å². The highest BCUT2D eigenvalue weighted by Gasteiger charge is 2.40. The zero-order valence-electron chi connectivity index (χ0n) is 22.5. The van der Waals surface area contributed by atoms with E-state index < -0.39 is 17.9 Å². The van der Waals surface area contributed by atoms with Crippen molar-refractivity contribution in [2.24, 2.45) is 0 Å². The van der Waals surface area contributed by atoms with E-state index in [2.05, 4.69) is 5.32 Å². The Morgan fingerprint density at radius 3 is 2.40 bits per heavy atom. The number of ketones is 1. The SMILES string of the molecule is CCN1C(O)=C(C(=O)C(Cc2ccc(Cl)cc2)Nc2ccc3ccccc3c2)C(O)c2c1ccc(OC)c2OC. The van der Waals surface area contributed by atoms with Crippen LogP contribution < -0.4 is 19.7 Å². The van der Waals surface area contributed by atoms with E-state index in [0.717, 1.165) is 22.0 Å². The topological polar surface area (TPSA) is 91.3 Å². The van der Waals surface area contributed by atoms with Crippen LogP contribution in [0.4, 0.5) is 11.4 Å². The second kappa shape index (κ2) is 11.5. The molecule has 4 aromatic rings. The monoisotopic (exact) mass is 558 g/mol. The van der Waals surface area contributed by atoms with Crippen molar-refractivity contribution in [1.29, 1.82) is 0 Å². The molecule has 2 unspecified atom stereocenters. The first kappa shape index (κ1) is 27.4. The van der Waals surface area contributed by atoms with Crippen LogP contribution in [0.25, 0.3) is 10.8 Å². The van der Waals surface area contributed by atoms with Gasteiger partial charge in [0.25, 0.3) is 0 Å². The van der Waals surface area contributed by atoms with E-state index in [1.807, 2.05) is 61.5 Å². The van der Waals surface area contributed by atoms with Gasteiger partial charge in [-0.3, -0.25) is 4.79 Å². The molecule has 8 heteroatoms. The first-order chi connectivity index (χ1) is 19.4. The van der Waals surface area contributed by atoms with Crippen molar-refractivity contribution in [3.05, 3.63) is 106 Å². The Bertz CT molecular complexity index is 1580. The minimum absolute atomic E-state index is 0.117. The number of Topliss-reactive ketones (excluding diaryl/α,β-unsaturated/α-hetero) is 1. The van der Waals surface area contributed by atoms with E-state index in [0.29, 0.717) is 40.7 Å². The van der Waals surface area contributed by atoms with Crippen LogP contribution in [0.2, 0.25) is 5.02 Å². The van der Waals surface area contributed by atoms with Crippen LogP contribution in [0.15, 0.2) is 90.3 Å². The number of ether oxygens (including phenoxy) is 2. The third-order valence-corrected chi connectivity index (χ3v) is 7.49. The van der Waals surface area contributed by atoms with Gasteiger partial charge in [0.2, 0.25) is 5.88 Å². The minimum atomic E-state index is -1.44. The Kier molecular flexibility index (Phi) is 7.87. The maximum Gasteiger partial charge on any atom is 0.201 e. The van der Waals surface area contributed by atoms with Crippen molar-refractivity contribution in [3.8, 4) is 11.5 Å². The van der Waals surface area contributed by atoms with Gasteiger partial charge in [-0.05, 0) is 59.7 Å². The fraction of sp³-hybridized carbons (Fsp3) is 0.219. The molecule has 4 aromatic carbocycles. The summed E-state index contributed by atoms with van der Waals surface area (Å²) in [5.74, 6) is -0.0137. The lowest BCUT2D eigenvalue weighted by atomic mass is 9.87. The molecule has 0 radical (unpaired) electrons. The number of rotatable bonds is 9. The zero-order valence-corrected chi connectivity index (χ0v) is 23.3. The van der Waals surface area contributed by atoms with Crippen LogP contribution in [0.3, 0.4) is 0 Å². The Labute approximate surface area is 238 Å². The molecule has 0 saturated heterocycles. The minimum Gasteiger partial charge on any atom is -0.494 e. The van der Waals surface area contributed by atoms with Gasteiger partial charge in [-0.25, -0.2) is 0 Å². The summed E-state index contributed by atoms with van der Waals surface area (Å²) < 4.78 is 11.1. The summed E-state index contributed by atoms with van der Waals surface area (Å²) in [5, 5.41) is 29.0. The Balaban J connectivity index is 1.58. The molecule has 0 saturated carbocycles. The van der Waals surface area contributed by atoms with Gasteiger partial charge in [0.15, 0.2) is 17.3 Å². The molecule has 1 aliphatic heterocycles. The number of anilines is 2. The van der Waals surface area contributed by atoms with Gasteiger partial charge >= 0.3 is 0 Å². The number of hydrogen-bond acceptors (Lipinski definition) is 7. The fourth-order valence-corrected chi connectivity index (χ4v) is 5.39. The second-order valence-corrected chi connectivity index (χ2v) is 10.0. The standard InChI is InChI=1S/C32H31ClN2O5/c1-4-35-25-15-16-26(39-2)31(40-3)27(25)30(37)28(32(35)38)29(36)24(17-19-9-12-22(33)13-10-19)34-23-14-11-20-7-5-6-8-21(20)18-23/h5-16,18,24,30,34,37-38H,4,17H2,1-3H3. The van der Waals surface area contributed by atoms with E-state index in [9.17, 15) is 15.0 Å². The molecule has 40 heavy (non-hydrogen) atoms. The number of nitrogens with zero attached hydrogens (tertiary/aromatic N) is 1. The fourth-order valence-electron chi connectivity index (χ4n) is 5.26. The lowest BCUT2D eigenvalue weighted by Crippen LogP contribution is -2.39. The largest absolute Gasteiger partial charge is 0.494 e. The molecule has 0 aromatic heterocycles.